The highest BCUT2D eigenvalue weighted by molar-refractivity contribution is 5.85. The van der Waals surface area contributed by atoms with E-state index in [-0.39, 0.29) is 23.6 Å². The van der Waals surface area contributed by atoms with Crippen LogP contribution in [0.15, 0.2) is 34.2 Å². The van der Waals surface area contributed by atoms with E-state index < -0.39 is 0 Å². The highest BCUT2D eigenvalue weighted by atomic mass is 16.3. The normalized spacial score (nSPS) is 10.9. The van der Waals surface area contributed by atoms with Crippen molar-refractivity contribution in [3.63, 3.8) is 0 Å². The van der Waals surface area contributed by atoms with Crippen LogP contribution in [0.4, 0.5) is 0 Å². The predicted octanol–water partition coefficient (Wildman–Crippen LogP) is 0.800. The van der Waals surface area contributed by atoms with Gasteiger partial charge in [0.05, 0.1) is 6.21 Å². The smallest absolute Gasteiger partial charge is 0.267 e. The van der Waals surface area contributed by atoms with Crippen LogP contribution in [0, 0.1) is 6.92 Å². The molecule has 0 saturated heterocycles. The molecule has 2 rings (SSSR count). The van der Waals surface area contributed by atoms with Crippen LogP contribution in [0.2, 0.25) is 0 Å². The number of amides is 1. The predicted molar refractivity (Wildman–Crippen MR) is 78.3 cm³/mol. The van der Waals surface area contributed by atoms with E-state index in [0.717, 1.165) is 5.69 Å². The molecule has 4 N–H and O–H groups in total. The van der Waals surface area contributed by atoms with Crippen molar-refractivity contribution in [2.45, 2.75) is 19.8 Å². The maximum atomic E-state index is 11.6. The minimum atomic E-state index is -0.304. The molecule has 7 heteroatoms. The number of benzene rings is 1. The minimum Gasteiger partial charge on any atom is -0.507 e. The van der Waals surface area contributed by atoms with Gasteiger partial charge in [0, 0.05) is 23.2 Å². The molecule has 1 aromatic carbocycles. The Morgan fingerprint density at radius 2 is 2.14 bits per heavy atom. The van der Waals surface area contributed by atoms with E-state index in [1.807, 2.05) is 0 Å². The molecule has 0 atom stereocenters. The molecular weight excluding hydrogens is 272 g/mol. The largest absolute Gasteiger partial charge is 0.507 e. The van der Waals surface area contributed by atoms with Crippen molar-refractivity contribution in [3.05, 3.63) is 51.4 Å². The summed E-state index contributed by atoms with van der Waals surface area (Å²) < 4.78 is 0. The Morgan fingerprint density at radius 3 is 2.81 bits per heavy atom. The summed E-state index contributed by atoms with van der Waals surface area (Å²) in [6, 6.07) is 6.66. The SMILES string of the molecule is Cc1[nH][nH]c(=O)c1CCC(=O)NN=Cc1ccccc1O. The lowest BCUT2D eigenvalue weighted by Crippen LogP contribution is -2.19. The number of hydrogen-bond donors (Lipinski definition) is 4. The lowest BCUT2D eigenvalue weighted by molar-refractivity contribution is -0.121. The molecule has 0 aliphatic carbocycles. The Balaban J connectivity index is 1.86. The van der Waals surface area contributed by atoms with Gasteiger partial charge in [0.15, 0.2) is 0 Å². The Kier molecular flexibility index (Phi) is 4.55. The summed E-state index contributed by atoms with van der Waals surface area (Å²) in [5, 5.41) is 18.5. The molecular formula is C14H16N4O3. The van der Waals surface area contributed by atoms with Crippen molar-refractivity contribution in [1.82, 2.24) is 15.6 Å². The Bertz CT molecular complexity index is 715. The molecule has 1 heterocycles. The molecule has 2 aromatic rings. The maximum Gasteiger partial charge on any atom is 0.267 e. The fourth-order valence-electron chi connectivity index (χ4n) is 1.84. The van der Waals surface area contributed by atoms with Crippen molar-refractivity contribution < 1.29 is 9.90 Å². The number of H-pyrrole nitrogens is 2. The van der Waals surface area contributed by atoms with Gasteiger partial charge in [-0.3, -0.25) is 14.7 Å². The number of aromatic nitrogens is 2. The van der Waals surface area contributed by atoms with Gasteiger partial charge in [-0.2, -0.15) is 5.10 Å². The Labute approximate surface area is 120 Å². The van der Waals surface area contributed by atoms with E-state index in [1.54, 1.807) is 25.1 Å². The van der Waals surface area contributed by atoms with Crippen molar-refractivity contribution in [3.8, 4) is 5.75 Å². The van der Waals surface area contributed by atoms with Crippen LogP contribution in [-0.2, 0) is 11.2 Å². The first-order valence-corrected chi connectivity index (χ1v) is 6.44. The summed E-state index contributed by atoms with van der Waals surface area (Å²) >= 11 is 0. The van der Waals surface area contributed by atoms with Gasteiger partial charge >= 0.3 is 0 Å². The summed E-state index contributed by atoms with van der Waals surface area (Å²) in [4.78, 5) is 23.0. The van der Waals surface area contributed by atoms with Crippen molar-refractivity contribution in [2.75, 3.05) is 0 Å². The van der Waals surface area contributed by atoms with E-state index in [9.17, 15) is 14.7 Å². The number of carbonyl (C=O) groups excluding carboxylic acids is 1. The number of para-hydroxylation sites is 1. The number of nitrogens with zero attached hydrogens (tertiary/aromatic N) is 1. The van der Waals surface area contributed by atoms with E-state index in [4.69, 9.17) is 0 Å². The van der Waals surface area contributed by atoms with Gasteiger partial charge in [-0.25, -0.2) is 5.43 Å². The third-order valence-electron chi connectivity index (χ3n) is 3.02. The standard InChI is InChI=1S/C14H16N4O3/c1-9-11(14(21)18-16-9)6-7-13(20)17-15-8-10-4-2-3-5-12(10)19/h2-5,8,19H,6-7H2,1H3,(H,17,20)(H2,16,18,21). The number of hydrogen-bond acceptors (Lipinski definition) is 4. The van der Waals surface area contributed by atoms with Crippen LogP contribution in [0.25, 0.3) is 0 Å². The van der Waals surface area contributed by atoms with Crippen LogP contribution in [-0.4, -0.2) is 27.4 Å². The molecule has 110 valence electrons. The molecule has 1 amide bonds. The van der Waals surface area contributed by atoms with Crippen LogP contribution in [0.3, 0.4) is 0 Å². The topological polar surface area (TPSA) is 110 Å². The van der Waals surface area contributed by atoms with Gasteiger partial charge in [0.1, 0.15) is 5.75 Å². The number of phenols is 1. The van der Waals surface area contributed by atoms with Crippen LogP contribution >= 0.6 is 0 Å². The lowest BCUT2D eigenvalue weighted by atomic mass is 10.1. The van der Waals surface area contributed by atoms with Crippen molar-refractivity contribution in [2.24, 2.45) is 5.10 Å². The number of carbonyl (C=O) groups is 1. The third-order valence-corrected chi connectivity index (χ3v) is 3.02. The van der Waals surface area contributed by atoms with Gasteiger partial charge in [-0.05, 0) is 25.5 Å². The molecule has 0 fully saturated rings. The van der Waals surface area contributed by atoms with E-state index in [1.165, 1.54) is 12.3 Å². The fourth-order valence-corrected chi connectivity index (χ4v) is 1.84. The zero-order chi connectivity index (χ0) is 15.2. The Morgan fingerprint density at radius 1 is 1.38 bits per heavy atom. The van der Waals surface area contributed by atoms with Gasteiger partial charge in [-0.1, -0.05) is 12.1 Å². The first-order valence-electron chi connectivity index (χ1n) is 6.44. The van der Waals surface area contributed by atoms with Crippen LogP contribution in [0.1, 0.15) is 23.2 Å². The van der Waals surface area contributed by atoms with Crippen LogP contribution in [0.5, 0.6) is 5.75 Å². The number of phenolic OH excluding ortho intramolecular Hbond substituents is 1. The molecule has 0 aliphatic heterocycles. The molecule has 0 radical (unpaired) electrons. The Hall–Kier alpha value is -2.83. The monoisotopic (exact) mass is 288 g/mol. The van der Waals surface area contributed by atoms with Crippen molar-refractivity contribution >= 4 is 12.1 Å². The van der Waals surface area contributed by atoms with Crippen LogP contribution < -0.4 is 11.0 Å². The molecule has 0 saturated carbocycles. The first kappa shape index (κ1) is 14.6. The quantitative estimate of drug-likeness (QED) is 0.482. The van der Waals surface area contributed by atoms with Gasteiger partial charge in [0.25, 0.3) is 5.56 Å². The molecule has 0 spiro atoms. The summed E-state index contributed by atoms with van der Waals surface area (Å²) in [5.41, 5.74) is 3.95. The molecule has 1 aromatic heterocycles. The number of aryl methyl sites for hydroxylation is 1. The molecule has 0 unspecified atom stereocenters. The molecule has 21 heavy (non-hydrogen) atoms. The highest BCUT2D eigenvalue weighted by Crippen LogP contribution is 2.12. The molecule has 0 bridgehead atoms. The van der Waals surface area contributed by atoms with Gasteiger partial charge < -0.3 is 10.2 Å². The van der Waals surface area contributed by atoms with Gasteiger partial charge in [0.2, 0.25) is 5.91 Å². The number of aromatic hydroxyl groups is 1. The van der Waals surface area contributed by atoms with Crippen molar-refractivity contribution in [1.29, 1.82) is 0 Å². The van der Waals surface area contributed by atoms with E-state index >= 15 is 0 Å². The average molecular weight is 288 g/mol. The van der Waals surface area contributed by atoms with Gasteiger partial charge in [-0.15, -0.1) is 0 Å². The maximum absolute atomic E-state index is 11.6. The summed E-state index contributed by atoms with van der Waals surface area (Å²) in [7, 11) is 0. The third kappa shape index (κ3) is 3.82. The second kappa shape index (κ2) is 6.56. The number of nitrogens with one attached hydrogen (secondary N) is 3. The van der Waals surface area contributed by atoms with E-state index in [2.05, 4.69) is 20.7 Å². The highest BCUT2D eigenvalue weighted by Gasteiger charge is 2.08. The number of hydrazone groups is 1. The number of aromatic amines is 2. The second-order valence-electron chi connectivity index (χ2n) is 4.53. The molecule has 0 aliphatic rings. The second-order valence-corrected chi connectivity index (χ2v) is 4.53. The zero-order valence-electron chi connectivity index (χ0n) is 11.5. The fraction of sp³-hybridized carbons (Fsp3) is 0.214. The van der Waals surface area contributed by atoms with E-state index in [0.29, 0.717) is 17.5 Å². The lowest BCUT2D eigenvalue weighted by Gasteiger charge is -2.00. The summed E-state index contributed by atoms with van der Waals surface area (Å²) in [6.07, 6.45) is 1.85. The molecule has 7 nitrogen and oxygen atoms in total. The first-order chi connectivity index (χ1) is 10.1. The summed E-state index contributed by atoms with van der Waals surface area (Å²) in [6.45, 7) is 1.77. The zero-order valence-corrected chi connectivity index (χ0v) is 11.5. The summed E-state index contributed by atoms with van der Waals surface area (Å²) in [5.74, 6) is -0.216. The number of rotatable bonds is 5. The average Bonchev–Trinajstić information content (AvgIpc) is 2.78. The minimum absolute atomic E-state index is 0.0879.